The van der Waals surface area contributed by atoms with Crippen molar-refractivity contribution in [3.8, 4) is 0 Å². The molecule has 0 amide bonds. The molecule has 0 spiro atoms. The summed E-state index contributed by atoms with van der Waals surface area (Å²) < 4.78 is 0. The van der Waals surface area contributed by atoms with Crippen LogP contribution in [0.25, 0.3) is 0 Å². The molecule has 0 saturated heterocycles. The highest BCUT2D eigenvalue weighted by molar-refractivity contribution is 5.93. The molecule has 2 saturated carbocycles. The summed E-state index contributed by atoms with van der Waals surface area (Å²) in [6, 6.07) is 9.81. The van der Waals surface area contributed by atoms with E-state index in [0.29, 0.717) is 18.8 Å². The van der Waals surface area contributed by atoms with E-state index < -0.39 is 18.2 Å². The Morgan fingerprint density at radius 3 is 2.85 bits per heavy atom. The topological polar surface area (TPSA) is 99.4 Å². The van der Waals surface area contributed by atoms with Crippen LogP contribution in [0.5, 0.6) is 0 Å². The lowest BCUT2D eigenvalue weighted by Gasteiger charge is -2.34. The van der Waals surface area contributed by atoms with Gasteiger partial charge in [-0.15, -0.1) is 0 Å². The standard InChI is InChI=1S/C20H25NO5/c22-14(10-13-4-2-1-3-5-13)6-7-15-16-11-18(17(16)12-19(15)23)21-26-9-8-20(24)25/h1-7,14-17,19,22-23H,8-12H2,(H,24,25)/t14?,15?,16-,17-,19?/m0/s1. The molecule has 6 heteroatoms. The number of oxime groups is 1. The second-order valence-electron chi connectivity index (χ2n) is 7.06. The molecule has 1 aromatic rings. The van der Waals surface area contributed by atoms with E-state index in [1.165, 1.54) is 0 Å². The van der Waals surface area contributed by atoms with E-state index >= 15 is 0 Å². The summed E-state index contributed by atoms with van der Waals surface area (Å²) in [4.78, 5) is 15.5. The molecule has 140 valence electrons. The SMILES string of the molecule is O=C(O)CCON=C1C[C@H]2C(C=CC(O)Cc3ccccc3)C(O)C[C@H]12. The molecule has 0 bridgehead atoms. The van der Waals surface area contributed by atoms with Gasteiger partial charge < -0.3 is 20.2 Å². The highest BCUT2D eigenvalue weighted by Gasteiger charge is 2.51. The zero-order chi connectivity index (χ0) is 18.5. The van der Waals surface area contributed by atoms with E-state index in [-0.39, 0.29) is 24.9 Å². The molecule has 26 heavy (non-hydrogen) atoms. The van der Waals surface area contributed by atoms with Gasteiger partial charge in [0.25, 0.3) is 0 Å². The zero-order valence-corrected chi connectivity index (χ0v) is 14.6. The Morgan fingerprint density at radius 1 is 1.35 bits per heavy atom. The van der Waals surface area contributed by atoms with Gasteiger partial charge in [-0.25, -0.2) is 0 Å². The van der Waals surface area contributed by atoms with Crippen LogP contribution in [0.4, 0.5) is 0 Å². The van der Waals surface area contributed by atoms with Crippen molar-refractivity contribution in [3.63, 3.8) is 0 Å². The summed E-state index contributed by atoms with van der Waals surface area (Å²) in [6.07, 6.45) is 4.56. The predicted octanol–water partition coefficient (Wildman–Crippen LogP) is 2.01. The lowest BCUT2D eigenvalue weighted by molar-refractivity contribution is -0.138. The van der Waals surface area contributed by atoms with Crippen LogP contribution in [-0.2, 0) is 16.1 Å². The van der Waals surface area contributed by atoms with Crippen LogP contribution in [0.2, 0.25) is 0 Å². The average Bonchev–Trinajstić information content (AvgIpc) is 2.84. The fraction of sp³-hybridized carbons (Fsp3) is 0.500. The Balaban J connectivity index is 1.49. The zero-order valence-electron chi connectivity index (χ0n) is 14.6. The fourth-order valence-corrected chi connectivity index (χ4v) is 3.86. The summed E-state index contributed by atoms with van der Waals surface area (Å²) in [6.45, 7) is 0.0633. The molecule has 0 heterocycles. The molecule has 2 aliphatic rings. The van der Waals surface area contributed by atoms with Gasteiger partial charge in [-0.1, -0.05) is 47.6 Å². The van der Waals surface area contributed by atoms with Gasteiger partial charge in [0.1, 0.15) is 6.61 Å². The molecule has 2 aliphatic carbocycles. The molecule has 2 fully saturated rings. The number of aliphatic carboxylic acids is 1. The molecule has 1 aromatic carbocycles. The maximum atomic E-state index is 10.4. The van der Waals surface area contributed by atoms with Crippen LogP contribution in [0.15, 0.2) is 47.6 Å². The van der Waals surface area contributed by atoms with E-state index in [0.717, 1.165) is 17.7 Å². The lowest BCUT2D eigenvalue weighted by Crippen LogP contribution is -2.36. The number of hydrogen-bond acceptors (Lipinski definition) is 5. The van der Waals surface area contributed by atoms with Crippen LogP contribution in [0, 0.1) is 17.8 Å². The van der Waals surface area contributed by atoms with Crippen LogP contribution < -0.4 is 0 Å². The van der Waals surface area contributed by atoms with Gasteiger partial charge in [-0.05, 0) is 24.3 Å². The number of aliphatic hydroxyl groups is 2. The van der Waals surface area contributed by atoms with E-state index in [1.807, 2.05) is 36.4 Å². The van der Waals surface area contributed by atoms with E-state index in [9.17, 15) is 15.0 Å². The third-order valence-electron chi connectivity index (χ3n) is 5.26. The first-order valence-corrected chi connectivity index (χ1v) is 9.03. The number of carboxylic acid groups (broad SMARTS) is 1. The smallest absolute Gasteiger partial charge is 0.306 e. The van der Waals surface area contributed by atoms with Crippen molar-refractivity contribution in [2.75, 3.05) is 6.61 Å². The van der Waals surface area contributed by atoms with Crippen molar-refractivity contribution in [2.24, 2.45) is 22.9 Å². The van der Waals surface area contributed by atoms with E-state index in [2.05, 4.69) is 5.16 Å². The van der Waals surface area contributed by atoms with E-state index in [1.54, 1.807) is 6.08 Å². The first kappa shape index (κ1) is 18.6. The maximum Gasteiger partial charge on any atom is 0.306 e. The Hall–Kier alpha value is -2.18. The lowest BCUT2D eigenvalue weighted by atomic mass is 9.71. The van der Waals surface area contributed by atoms with Crippen LogP contribution in [0.1, 0.15) is 24.8 Å². The summed E-state index contributed by atoms with van der Waals surface area (Å²) in [5, 5.41) is 33.1. The molecule has 0 radical (unpaired) electrons. The first-order chi connectivity index (χ1) is 12.5. The third-order valence-corrected chi connectivity index (χ3v) is 5.26. The monoisotopic (exact) mass is 359 g/mol. The van der Waals surface area contributed by atoms with Crippen molar-refractivity contribution < 1.29 is 25.0 Å². The largest absolute Gasteiger partial charge is 0.481 e. The number of carboxylic acids is 1. The quantitative estimate of drug-likeness (QED) is 0.375. The van der Waals surface area contributed by atoms with E-state index in [4.69, 9.17) is 9.94 Å². The fourth-order valence-electron chi connectivity index (χ4n) is 3.86. The molecular weight excluding hydrogens is 334 g/mol. The molecule has 0 aromatic heterocycles. The maximum absolute atomic E-state index is 10.4. The average molecular weight is 359 g/mol. The Kier molecular flexibility index (Phi) is 6.06. The number of rotatable bonds is 8. The van der Waals surface area contributed by atoms with Gasteiger partial charge in [0.2, 0.25) is 0 Å². The molecular formula is C20H25NO5. The minimum absolute atomic E-state index is 0.0170. The van der Waals surface area contributed by atoms with Crippen molar-refractivity contribution in [1.82, 2.24) is 0 Å². The number of fused-ring (bicyclic) bond motifs is 1. The van der Waals surface area contributed by atoms with Crippen LogP contribution >= 0.6 is 0 Å². The van der Waals surface area contributed by atoms with Crippen LogP contribution in [0.3, 0.4) is 0 Å². The number of aliphatic hydroxyl groups excluding tert-OH is 2. The van der Waals surface area contributed by atoms with Gasteiger partial charge in [-0.3, -0.25) is 4.79 Å². The Labute approximate surface area is 152 Å². The predicted molar refractivity (Wildman–Crippen MR) is 96.6 cm³/mol. The van der Waals surface area contributed by atoms with Gasteiger partial charge in [0.05, 0.1) is 24.3 Å². The van der Waals surface area contributed by atoms with Gasteiger partial charge in [-0.2, -0.15) is 0 Å². The third kappa shape index (κ3) is 4.51. The normalized spacial score (nSPS) is 30.2. The molecule has 0 aliphatic heterocycles. The summed E-state index contributed by atoms with van der Waals surface area (Å²) in [7, 11) is 0. The van der Waals surface area contributed by atoms with Crippen molar-refractivity contribution in [3.05, 3.63) is 48.0 Å². The second-order valence-corrected chi connectivity index (χ2v) is 7.06. The number of hydrogen-bond donors (Lipinski definition) is 3. The minimum atomic E-state index is -0.910. The van der Waals surface area contributed by atoms with Crippen molar-refractivity contribution in [2.45, 2.75) is 37.9 Å². The number of benzene rings is 1. The molecule has 5 atom stereocenters. The Morgan fingerprint density at radius 2 is 2.12 bits per heavy atom. The minimum Gasteiger partial charge on any atom is -0.481 e. The van der Waals surface area contributed by atoms with Crippen molar-refractivity contribution >= 4 is 11.7 Å². The van der Waals surface area contributed by atoms with Crippen LogP contribution in [-0.4, -0.2) is 45.8 Å². The summed E-state index contributed by atoms with van der Waals surface area (Å²) >= 11 is 0. The van der Waals surface area contributed by atoms with Crippen molar-refractivity contribution in [1.29, 1.82) is 0 Å². The summed E-state index contributed by atoms with van der Waals surface area (Å²) in [5.41, 5.74) is 1.98. The summed E-state index contributed by atoms with van der Waals surface area (Å²) in [5.74, 6) is -0.390. The van der Waals surface area contributed by atoms with Gasteiger partial charge in [0.15, 0.2) is 0 Å². The Bertz CT molecular complexity index is 672. The highest BCUT2D eigenvalue weighted by atomic mass is 16.6. The first-order valence-electron chi connectivity index (χ1n) is 9.03. The number of carbonyl (C=O) groups is 1. The second kappa shape index (κ2) is 8.47. The molecule has 3 N–H and O–H groups in total. The van der Waals surface area contributed by atoms with Gasteiger partial charge in [0, 0.05) is 18.3 Å². The molecule has 3 rings (SSSR count). The van der Waals surface area contributed by atoms with Gasteiger partial charge >= 0.3 is 5.97 Å². The molecule has 6 nitrogen and oxygen atoms in total. The molecule has 3 unspecified atom stereocenters. The number of nitrogens with zero attached hydrogens (tertiary/aromatic N) is 1. The highest BCUT2D eigenvalue weighted by Crippen LogP contribution is 2.49.